The topological polar surface area (TPSA) is 62.7 Å². The summed E-state index contributed by atoms with van der Waals surface area (Å²) in [5.74, 6) is 0. The van der Waals surface area contributed by atoms with Crippen molar-refractivity contribution in [2.24, 2.45) is 5.10 Å². The minimum Gasteiger partial charge on any atom is -0.427 e. The fourth-order valence-corrected chi connectivity index (χ4v) is 1.48. The Bertz CT molecular complexity index is 164. The smallest absolute Gasteiger partial charge is 0.335 e. The van der Waals surface area contributed by atoms with Crippen LogP contribution in [0.25, 0.3) is 0 Å². The summed E-state index contributed by atoms with van der Waals surface area (Å²) in [6.07, 6.45) is 2.50. The van der Waals surface area contributed by atoms with Gasteiger partial charge in [-0.15, -0.1) is 0 Å². The molecule has 0 aromatic rings. The van der Waals surface area contributed by atoms with Crippen LogP contribution in [-0.4, -0.2) is 35.7 Å². The molecule has 2 N–H and O–H groups in total. The second-order valence-corrected chi connectivity index (χ2v) is 4.15. The summed E-state index contributed by atoms with van der Waals surface area (Å²) < 4.78 is 5.00. The van der Waals surface area contributed by atoms with Crippen molar-refractivity contribution in [1.82, 2.24) is 10.7 Å². The SMILES string of the molecule is C/C=N/NC(=O)NCCC[SiH2]OC. The van der Waals surface area contributed by atoms with Crippen molar-refractivity contribution < 1.29 is 9.22 Å². The van der Waals surface area contributed by atoms with Crippen LogP contribution in [0.15, 0.2) is 5.10 Å². The summed E-state index contributed by atoms with van der Waals surface area (Å²) in [6, 6.07) is 0.838. The third-order valence-corrected chi connectivity index (χ3v) is 2.55. The van der Waals surface area contributed by atoms with E-state index in [1.165, 1.54) is 6.21 Å². The summed E-state index contributed by atoms with van der Waals surface area (Å²) >= 11 is 0. The quantitative estimate of drug-likeness (QED) is 0.272. The number of hydrogen-bond donors (Lipinski definition) is 2. The lowest BCUT2D eigenvalue weighted by molar-refractivity contribution is 0.241. The molecule has 0 atom stereocenters. The fraction of sp³-hybridized carbons (Fsp3) is 0.714. The molecule has 0 aromatic carbocycles. The van der Waals surface area contributed by atoms with Crippen LogP contribution >= 0.6 is 0 Å². The van der Waals surface area contributed by atoms with Gasteiger partial charge in [0.2, 0.25) is 0 Å². The van der Waals surface area contributed by atoms with E-state index in [0.29, 0.717) is 6.54 Å². The molecule has 2 amide bonds. The molecule has 0 aliphatic heterocycles. The maximum Gasteiger partial charge on any atom is 0.335 e. The number of carbonyl (C=O) groups excluding carboxylic acids is 1. The molecular formula is C7H17N3O2Si. The van der Waals surface area contributed by atoms with Gasteiger partial charge in [0, 0.05) is 19.9 Å². The predicted octanol–water partition coefficient (Wildman–Crippen LogP) is -0.170. The summed E-state index contributed by atoms with van der Waals surface area (Å²) in [4.78, 5) is 10.9. The number of amides is 2. The molecule has 0 unspecified atom stereocenters. The fourth-order valence-electron chi connectivity index (χ4n) is 0.736. The molecule has 0 bridgehead atoms. The molecule has 0 radical (unpaired) electrons. The van der Waals surface area contributed by atoms with E-state index in [9.17, 15) is 4.79 Å². The first kappa shape index (κ1) is 12.1. The predicted molar refractivity (Wildman–Crippen MR) is 55.7 cm³/mol. The van der Waals surface area contributed by atoms with Gasteiger partial charge in [0.1, 0.15) is 0 Å². The molecule has 0 aliphatic carbocycles. The van der Waals surface area contributed by atoms with Crippen molar-refractivity contribution in [3.05, 3.63) is 0 Å². The highest BCUT2D eigenvalue weighted by molar-refractivity contribution is 6.26. The average Bonchev–Trinajstić information content (AvgIpc) is 2.14. The molecule has 6 heteroatoms. The van der Waals surface area contributed by atoms with Crippen molar-refractivity contribution in [1.29, 1.82) is 0 Å². The maximum absolute atomic E-state index is 10.9. The van der Waals surface area contributed by atoms with Crippen LogP contribution < -0.4 is 10.7 Å². The van der Waals surface area contributed by atoms with Gasteiger partial charge in [0.05, 0.1) is 0 Å². The third-order valence-electron chi connectivity index (χ3n) is 1.36. The number of nitrogens with zero attached hydrogens (tertiary/aromatic N) is 1. The van der Waals surface area contributed by atoms with Crippen LogP contribution in [0.3, 0.4) is 0 Å². The summed E-state index contributed by atoms with van der Waals surface area (Å²) in [5, 5.41) is 6.26. The van der Waals surface area contributed by atoms with E-state index < -0.39 is 0 Å². The third kappa shape index (κ3) is 9.03. The maximum atomic E-state index is 10.9. The number of nitrogens with one attached hydrogen (secondary N) is 2. The number of carbonyl (C=O) groups is 1. The molecule has 5 nitrogen and oxygen atoms in total. The zero-order valence-corrected chi connectivity index (χ0v) is 9.58. The summed E-state index contributed by atoms with van der Waals surface area (Å²) in [7, 11) is 1.38. The summed E-state index contributed by atoms with van der Waals surface area (Å²) in [6.45, 7) is 2.42. The van der Waals surface area contributed by atoms with Gasteiger partial charge in [-0.3, -0.25) is 0 Å². The molecule has 0 aromatic heterocycles. The second-order valence-electron chi connectivity index (χ2n) is 2.45. The average molecular weight is 203 g/mol. The lowest BCUT2D eigenvalue weighted by atomic mass is 10.5. The number of hydrogen-bond acceptors (Lipinski definition) is 3. The van der Waals surface area contributed by atoms with Crippen LogP contribution in [0.2, 0.25) is 6.04 Å². The Balaban J connectivity index is 3.17. The van der Waals surface area contributed by atoms with E-state index in [1.807, 2.05) is 0 Å². The molecule has 13 heavy (non-hydrogen) atoms. The van der Waals surface area contributed by atoms with Crippen LogP contribution in [-0.2, 0) is 4.43 Å². The van der Waals surface area contributed by atoms with E-state index in [1.54, 1.807) is 14.0 Å². The van der Waals surface area contributed by atoms with Gasteiger partial charge in [0.15, 0.2) is 9.76 Å². The van der Waals surface area contributed by atoms with Crippen LogP contribution in [0.4, 0.5) is 4.79 Å². The van der Waals surface area contributed by atoms with E-state index in [4.69, 9.17) is 4.43 Å². The van der Waals surface area contributed by atoms with E-state index in [2.05, 4.69) is 15.8 Å². The molecule has 0 fully saturated rings. The molecule has 0 aliphatic rings. The number of urea groups is 1. The van der Waals surface area contributed by atoms with Gasteiger partial charge >= 0.3 is 6.03 Å². The first-order chi connectivity index (χ1) is 6.31. The van der Waals surface area contributed by atoms with Crippen LogP contribution in [0.1, 0.15) is 13.3 Å². The van der Waals surface area contributed by atoms with Crippen LogP contribution in [0.5, 0.6) is 0 Å². The Morgan fingerprint density at radius 3 is 3.08 bits per heavy atom. The molecular weight excluding hydrogens is 186 g/mol. The minimum atomic E-state index is -0.340. The molecule has 76 valence electrons. The highest BCUT2D eigenvalue weighted by Gasteiger charge is 1.95. The van der Waals surface area contributed by atoms with Crippen LogP contribution in [0, 0.1) is 0 Å². The van der Waals surface area contributed by atoms with Crippen molar-refractivity contribution in [2.75, 3.05) is 13.7 Å². The Morgan fingerprint density at radius 1 is 1.69 bits per heavy atom. The first-order valence-electron chi connectivity index (χ1n) is 4.31. The lowest BCUT2D eigenvalue weighted by Crippen LogP contribution is -2.32. The molecule has 0 saturated heterocycles. The molecule has 0 saturated carbocycles. The Morgan fingerprint density at radius 2 is 2.46 bits per heavy atom. The normalized spacial score (nSPS) is 11.2. The van der Waals surface area contributed by atoms with E-state index >= 15 is 0 Å². The summed E-state index contributed by atoms with van der Waals surface area (Å²) in [5.41, 5.74) is 2.32. The Kier molecular flexibility index (Phi) is 8.58. The minimum absolute atomic E-state index is 0.253. The lowest BCUT2D eigenvalue weighted by Gasteiger charge is -2.02. The number of rotatable bonds is 6. The second kappa shape index (κ2) is 9.21. The molecule has 0 rings (SSSR count). The Labute approximate surface area is 80.9 Å². The van der Waals surface area contributed by atoms with Gasteiger partial charge < -0.3 is 9.74 Å². The van der Waals surface area contributed by atoms with Crippen molar-refractivity contribution in [3.8, 4) is 0 Å². The number of hydrazone groups is 1. The van der Waals surface area contributed by atoms with Gasteiger partial charge in [-0.1, -0.05) is 0 Å². The van der Waals surface area contributed by atoms with Crippen molar-refractivity contribution in [3.63, 3.8) is 0 Å². The van der Waals surface area contributed by atoms with Crippen molar-refractivity contribution >= 4 is 22.0 Å². The first-order valence-corrected chi connectivity index (χ1v) is 5.89. The zero-order chi connectivity index (χ0) is 9.94. The highest BCUT2D eigenvalue weighted by Crippen LogP contribution is 1.85. The van der Waals surface area contributed by atoms with Crippen molar-refractivity contribution in [2.45, 2.75) is 19.4 Å². The van der Waals surface area contributed by atoms with Gasteiger partial charge in [-0.05, 0) is 19.4 Å². The largest absolute Gasteiger partial charge is 0.427 e. The van der Waals surface area contributed by atoms with E-state index in [0.717, 1.165) is 12.5 Å². The molecule has 0 heterocycles. The zero-order valence-electron chi connectivity index (χ0n) is 8.17. The highest BCUT2D eigenvalue weighted by atomic mass is 28.2. The Hall–Kier alpha value is -0.883. The van der Waals surface area contributed by atoms with Gasteiger partial charge in [-0.25, -0.2) is 10.2 Å². The monoisotopic (exact) mass is 203 g/mol. The van der Waals surface area contributed by atoms with Gasteiger partial charge in [0.25, 0.3) is 0 Å². The molecule has 0 spiro atoms. The van der Waals surface area contributed by atoms with E-state index in [-0.39, 0.29) is 15.8 Å². The van der Waals surface area contributed by atoms with Gasteiger partial charge in [-0.2, -0.15) is 5.10 Å². The standard InChI is InChI=1S/C7H17N3O2Si/c1-3-9-10-7(11)8-5-4-6-13-12-2/h3H,4-6,13H2,1-2H3,(H2,8,10,11)/b9-3+.